The van der Waals surface area contributed by atoms with Crippen molar-refractivity contribution in [2.24, 2.45) is 32.4 Å². The number of amides is 1. The Kier molecular flexibility index (Phi) is 9.27. The number of methoxy groups -OCH3 is 4. The second-order valence-electron chi connectivity index (χ2n) is 8.10. The molecule has 1 unspecified atom stereocenters. The third-order valence-corrected chi connectivity index (χ3v) is 5.73. The average Bonchev–Trinajstić information content (AvgIpc) is 3.40. The van der Waals surface area contributed by atoms with Crippen molar-refractivity contribution in [2.45, 2.75) is 18.9 Å². The van der Waals surface area contributed by atoms with Crippen LogP contribution in [0, 0.1) is 0 Å². The molecule has 7 N–H and O–H groups in total. The Morgan fingerprint density at radius 1 is 1.00 bits per heavy atom. The van der Waals surface area contributed by atoms with Gasteiger partial charge in [0, 0.05) is 17.7 Å². The molecule has 2 aromatic rings. The highest BCUT2D eigenvalue weighted by molar-refractivity contribution is 5.98. The van der Waals surface area contributed by atoms with Gasteiger partial charge in [0.05, 0.1) is 52.4 Å². The van der Waals surface area contributed by atoms with Crippen LogP contribution in [-0.2, 0) is 4.79 Å². The molecule has 1 heterocycles. The molecule has 3 rings (SSSR count). The first-order valence-electron chi connectivity index (χ1n) is 11.5. The van der Waals surface area contributed by atoms with Gasteiger partial charge in [0.2, 0.25) is 11.7 Å². The highest BCUT2D eigenvalue weighted by Gasteiger charge is 2.22. The van der Waals surface area contributed by atoms with Crippen LogP contribution in [0.4, 0.5) is 5.69 Å². The Labute approximate surface area is 215 Å². The van der Waals surface area contributed by atoms with Gasteiger partial charge in [-0.1, -0.05) is 6.07 Å². The molecule has 1 amide bonds. The van der Waals surface area contributed by atoms with Crippen molar-refractivity contribution in [1.82, 2.24) is 0 Å². The normalized spacial score (nSPS) is 13.2. The molecule has 0 radical (unpaired) electrons. The summed E-state index contributed by atoms with van der Waals surface area (Å²) in [5, 5.41) is 11.5. The van der Waals surface area contributed by atoms with Crippen molar-refractivity contribution in [3.8, 4) is 23.0 Å². The third kappa shape index (κ3) is 6.47. The van der Waals surface area contributed by atoms with Crippen LogP contribution >= 0.6 is 0 Å². The quantitative estimate of drug-likeness (QED) is 0.190. The minimum Gasteiger partial charge on any atom is -0.495 e. The monoisotopic (exact) mass is 511 g/mol. The van der Waals surface area contributed by atoms with E-state index in [1.54, 1.807) is 27.4 Å². The third-order valence-electron chi connectivity index (χ3n) is 5.73. The first-order chi connectivity index (χ1) is 17.8. The number of guanidine groups is 1. The number of azo groups is 1. The number of ether oxygens (including phenoxy) is 4. The molecule has 1 aliphatic rings. The van der Waals surface area contributed by atoms with E-state index in [1.807, 2.05) is 24.3 Å². The summed E-state index contributed by atoms with van der Waals surface area (Å²) in [4.78, 5) is 16.7. The van der Waals surface area contributed by atoms with Crippen molar-refractivity contribution in [2.75, 3.05) is 46.8 Å². The molecule has 37 heavy (non-hydrogen) atoms. The zero-order chi connectivity index (χ0) is 26.9. The van der Waals surface area contributed by atoms with Crippen LogP contribution in [0.3, 0.4) is 0 Å². The fraction of sp³-hybridized carbons (Fsp3) is 0.360. The van der Waals surface area contributed by atoms with Gasteiger partial charge in [-0.15, -0.1) is 0 Å². The molecule has 0 saturated heterocycles. The van der Waals surface area contributed by atoms with Crippen LogP contribution in [0.2, 0.25) is 0 Å². The van der Waals surface area contributed by atoms with Gasteiger partial charge in [-0.2, -0.15) is 10.2 Å². The smallest absolute Gasteiger partial charge is 0.241 e. The van der Waals surface area contributed by atoms with Crippen molar-refractivity contribution in [1.29, 1.82) is 0 Å². The standard InChI is InChI=1S/C25H33N7O5/c1-34-19-8-7-14(10-18(19)31-24(33)17(26)6-5-9-29-25(27)28)16-13-30-32-22(16)15-11-20(35-2)23(37-4)21(12-15)36-3/h7-8,10-12,17H,5-6,9,13,26H2,1-4H3,(H,31,33)(H4,27,28,29). The first kappa shape index (κ1) is 27.3. The molecule has 0 saturated carbocycles. The lowest BCUT2D eigenvalue weighted by Gasteiger charge is -2.16. The van der Waals surface area contributed by atoms with Crippen molar-refractivity contribution in [3.63, 3.8) is 0 Å². The number of nitrogens with two attached hydrogens (primary N) is 3. The van der Waals surface area contributed by atoms with Crippen molar-refractivity contribution >= 4 is 28.8 Å². The van der Waals surface area contributed by atoms with E-state index in [-0.39, 0.29) is 11.9 Å². The Balaban J connectivity index is 1.91. The van der Waals surface area contributed by atoms with E-state index < -0.39 is 6.04 Å². The molecule has 1 atom stereocenters. The van der Waals surface area contributed by atoms with Gasteiger partial charge in [0.1, 0.15) is 5.75 Å². The molecule has 0 aromatic heterocycles. The zero-order valence-corrected chi connectivity index (χ0v) is 21.4. The minimum atomic E-state index is -0.743. The van der Waals surface area contributed by atoms with Gasteiger partial charge in [0.15, 0.2) is 17.5 Å². The number of nitrogens with zero attached hydrogens (tertiary/aromatic N) is 3. The topological polar surface area (TPSA) is 181 Å². The summed E-state index contributed by atoms with van der Waals surface area (Å²) in [6, 6.07) is 8.35. The van der Waals surface area contributed by atoms with Crippen LogP contribution in [0.1, 0.15) is 24.0 Å². The maximum Gasteiger partial charge on any atom is 0.241 e. The van der Waals surface area contributed by atoms with Crippen LogP contribution < -0.4 is 41.5 Å². The Morgan fingerprint density at radius 2 is 1.68 bits per heavy atom. The number of benzene rings is 2. The fourth-order valence-corrected chi connectivity index (χ4v) is 3.86. The Bertz CT molecular complexity index is 1200. The number of nitrogens with one attached hydrogen (secondary N) is 1. The summed E-state index contributed by atoms with van der Waals surface area (Å²) in [5.41, 5.74) is 20.3. The second-order valence-corrected chi connectivity index (χ2v) is 8.10. The Morgan fingerprint density at radius 3 is 2.27 bits per heavy atom. The molecular weight excluding hydrogens is 478 g/mol. The molecule has 0 fully saturated rings. The molecule has 1 aliphatic heterocycles. The van der Waals surface area contributed by atoms with E-state index >= 15 is 0 Å². The van der Waals surface area contributed by atoms with Gasteiger partial charge < -0.3 is 41.5 Å². The summed E-state index contributed by atoms with van der Waals surface area (Å²) >= 11 is 0. The lowest BCUT2D eigenvalue weighted by atomic mass is 9.99. The molecule has 198 valence electrons. The van der Waals surface area contributed by atoms with Gasteiger partial charge in [0.25, 0.3) is 0 Å². The maximum atomic E-state index is 12.8. The molecule has 2 aromatic carbocycles. The SMILES string of the molecule is COc1ccc(C2=C(c3cc(OC)c(OC)c(OC)c3)N=NC2)cc1NC(=O)C(N)CCCN=C(N)N. The number of carbonyl (C=O) groups excluding carboxylic acids is 1. The molecule has 0 bridgehead atoms. The number of hydrogen-bond donors (Lipinski definition) is 4. The number of aliphatic imine (C=N–C) groups is 1. The number of anilines is 1. The minimum absolute atomic E-state index is 0.00478. The predicted molar refractivity (Wildman–Crippen MR) is 142 cm³/mol. The molecule has 12 heteroatoms. The van der Waals surface area contributed by atoms with Crippen LogP contribution in [-0.4, -0.2) is 59.4 Å². The van der Waals surface area contributed by atoms with E-state index in [4.69, 9.17) is 36.1 Å². The lowest BCUT2D eigenvalue weighted by Crippen LogP contribution is -2.35. The molecule has 12 nitrogen and oxygen atoms in total. The largest absolute Gasteiger partial charge is 0.495 e. The molecular formula is C25H33N7O5. The predicted octanol–water partition coefficient (Wildman–Crippen LogP) is 2.37. The second kappa shape index (κ2) is 12.6. The maximum absolute atomic E-state index is 12.8. The summed E-state index contributed by atoms with van der Waals surface area (Å²) < 4.78 is 21.9. The van der Waals surface area contributed by atoms with Crippen LogP contribution in [0.15, 0.2) is 45.6 Å². The average molecular weight is 512 g/mol. The summed E-state index contributed by atoms with van der Waals surface area (Å²) in [7, 11) is 6.18. The summed E-state index contributed by atoms with van der Waals surface area (Å²) in [6.45, 7) is 0.753. The van der Waals surface area contributed by atoms with Crippen LogP contribution in [0.25, 0.3) is 11.3 Å². The highest BCUT2D eigenvalue weighted by Crippen LogP contribution is 2.43. The van der Waals surface area contributed by atoms with E-state index in [1.165, 1.54) is 7.11 Å². The van der Waals surface area contributed by atoms with Crippen molar-refractivity contribution in [3.05, 3.63) is 41.5 Å². The van der Waals surface area contributed by atoms with Gasteiger partial charge in [-0.25, -0.2) is 0 Å². The Hall–Kier alpha value is -4.32. The van der Waals surface area contributed by atoms with E-state index in [9.17, 15) is 4.79 Å². The highest BCUT2D eigenvalue weighted by atomic mass is 16.5. The fourth-order valence-electron chi connectivity index (χ4n) is 3.86. The van der Waals surface area contributed by atoms with Crippen LogP contribution in [0.5, 0.6) is 23.0 Å². The van der Waals surface area contributed by atoms with Gasteiger partial charge >= 0.3 is 0 Å². The summed E-state index contributed by atoms with van der Waals surface area (Å²) in [6.07, 6.45) is 0.983. The number of carbonyl (C=O) groups is 1. The van der Waals surface area contributed by atoms with E-state index in [0.717, 1.165) is 16.7 Å². The van der Waals surface area contributed by atoms with E-state index in [2.05, 4.69) is 20.5 Å². The summed E-state index contributed by atoms with van der Waals surface area (Å²) in [5.74, 6) is 1.64. The zero-order valence-electron chi connectivity index (χ0n) is 21.4. The number of rotatable bonds is 12. The first-order valence-corrected chi connectivity index (χ1v) is 11.5. The molecule has 0 aliphatic carbocycles. The molecule has 0 spiro atoms. The number of hydrogen-bond acceptors (Lipinski definition) is 9. The van der Waals surface area contributed by atoms with Gasteiger partial charge in [-0.3, -0.25) is 9.79 Å². The van der Waals surface area contributed by atoms with Gasteiger partial charge in [-0.05, 0) is 42.7 Å². The lowest BCUT2D eigenvalue weighted by molar-refractivity contribution is -0.117. The van der Waals surface area contributed by atoms with E-state index in [0.29, 0.717) is 60.3 Å². The van der Waals surface area contributed by atoms with Crippen molar-refractivity contribution < 1.29 is 23.7 Å².